The number of hydrogen-bond acceptors (Lipinski definition) is 0. The summed E-state index contributed by atoms with van der Waals surface area (Å²) >= 11 is 0. The van der Waals surface area contributed by atoms with Crippen molar-refractivity contribution in [2.24, 2.45) is 0 Å². The van der Waals surface area contributed by atoms with Crippen LogP contribution in [0.4, 0.5) is 14.5 Å². The minimum Gasteiger partial charge on any atom is -0.319 e. The Hall–Kier alpha value is -8.85. The van der Waals surface area contributed by atoms with Crippen LogP contribution in [0.5, 0.6) is 0 Å². The molecule has 0 aliphatic carbocycles. The van der Waals surface area contributed by atoms with Crippen molar-refractivity contribution in [1.82, 2.24) is 9.13 Å². The largest absolute Gasteiger partial charge is 0.319 e. The normalized spacial score (nSPS) is 11.5. The summed E-state index contributed by atoms with van der Waals surface area (Å²) in [6.45, 7) is 9.13. The van der Waals surface area contributed by atoms with E-state index in [0.717, 1.165) is 88.1 Å². The third kappa shape index (κ3) is 6.31. The predicted octanol–water partition coefficient (Wildman–Crippen LogP) is 17.0. The lowest BCUT2D eigenvalue weighted by atomic mass is 9.99. The van der Waals surface area contributed by atoms with Gasteiger partial charge in [0.1, 0.15) is 11.6 Å². The number of rotatable bonds is 7. The molecule has 0 N–H and O–H groups in total. The van der Waals surface area contributed by atoms with E-state index < -0.39 is 11.6 Å². The van der Waals surface area contributed by atoms with Crippen LogP contribution < -0.4 is 0 Å². The van der Waals surface area contributed by atoms with Gasteiger partial charge in [-0.1, -0.05) is 158 Å². The monoisotopic (exact) mass is 849 g/mol. The summed E-state index contributed by atoms with van der Waals surface area (Å²) < 4.78 is 36.8. The molecule has 0 atom stereocenters. The molecule has 0 bridgehead atoms. The lowest BCUT2D eigenvalue weighted by Crippen LogP contribution is -2.04. The molecule has 0 fully saturated rings. The number of halogens is 2. The molecular weight excluding hydrogens is 813 g/mol. The Morgan fingerprint density at radius 3 is 1.03 bits per heavy atom. The van der Waals surface area contributed by atoms with E-state index in [1.54, 1.807) is 6.07 Å². The average Bonchev–Trinajstić information content (AvgIpc) is 3.88. The van der Waals surface area contributed by atoms with Gasteiger partial charge in [-0.15, -0.1) is 0 Å². The topological polar surface area (TPSA) is 14.2 Å². The maximum absolute atomic E-state index is 16.3. The number of hydrogen-bond donors (Lipinski definition) is 0. The Kier molecular flexibility index (Phi) is 9.25. The zero-order chi connectivity index (χ0) is 44.3. The molecule has 0 amide bonds. The highest BCUT2D eigenvalue weighted by Crippen LogP contribution is 2.48. The molecule has 2 aromatic heterocycles. The summed E-state index contributed by atoms with van der Waals surface area (Å²) in [5.41, 5.74) is 13.2. The van der Waals surface area contributed by atoms with Crippen LogP contribution in [0.15, 0.2) is 224 Å². The molecule has 10 aromatic carbocycles. The van der Waals surface area contributed by atoms with Crippen molar-refractivity contribution in [3.05, 3.63) is 248 Å². The standard InChI is InChI=1S/C61H37F2N3/c1-64-60-58(65-54-30-25-43(39-15-6-2-7-16-39)35-48(54)49-36-44(26-31-55(49)65)40-17-8-3-9-18-40)34-29-47(59-52(62)23-14-24-53(59)63)61(60)66-56-32-27-45(41-19-10-4-11-20-41)37-50(56)51-38-46(28-33-57(51)66)42-21-12-5-13-22-42/h2-38H. The highest BCUT2D eigenvalue weighted by atomic mass is 19.1. The highest BCUT2D eigenvalue weighted by molar-refractivity contribution is 6.15. The molecule has 12 aromatic rings. The first-order chi connectivity index (χ1) is 32.5. The highest BCUT2D eigenvalue weighted by Gasteiger charge is 2.27. The SMILES string of the molecule is [C-]#[N+]c1c(-n2c3ccc(-c4ccccc4)cc3c3cc(-c4ccccc4)ccc32)ccc(-c2c(F)cccc2F)c1-n1c2ccc(-c3ccccc3)cc2c2cc(-c3ccccc3)ccc21. The second-order valence-corrected chi connectivity index (χ2v) is 16.6. The number of benzene rings is 10. The van der Waals surface area contributed by atoms with Gasteiger partial charge in [0.25, 0.3) is 0 Å². The van der Waals surface area contributed by atoms with Gasteiger partial charge in [-0.3, -0.25) is 0 Å². The Bertz CT molecular complexity index is 3670. The molecule has 12 rings (SSSR count). The summed E-state index contributed by atoms with van der Waals surface area (Å²) in [5, 5.41) is 3.93. The minimum absolute atomic E-state index is 0.192. The summed E-state index contributed by atoms with van der Waals surface area (Å²) in [7, 11) is 0. The van der Waals surface area contributed by atoms with Crippen LogP contribution in [0.3, 0.4) is 0 Å². The number of fused-ring (bicyclic) bond motifs is 6. The summed E-state index contributed by atoms with van der Waals surface area (Å²) in [6, 6.07) is 74.3. The molecule has 0 unspecified atom stereocenters. The van der Waals surface area contributed by atoms with Crippen LogP contribution in [0.2, 0.25) is 0 Å². The van der Waals surface area contributed by atoms with E-state index in [1.807, 2.05) is 83.4 Å². The van der Waals surface area contributed by atoms with Gasteiger partial charge in [-0.25, -0.2) is 13.6 Å². The van der Waals surface area contributed by atoms with Gasteiger partial charge in [-0.2, -0.15) is 0 Å². The Morgan fingerprint density at radius 1 is 0.333 bits per heavy atom. The molecule has 0 saturated heterocycles. The fourth-order valence-corrected chi connectivity index (χ4v) is 9.83. The first kappa shape index (κ1) is 38.8. The fraction of sp³-hybridized carbons (Fsp3) is 0. The second-order valence-electron chi connectivity index (χ2n) is 16.6. The Morgan fingerprint density at radius 2 is 0.682 bits per heavy atom. The molecule has 310 valence electrons. The third-order valence-corrected chi connectivity index (χ3v) is 12.9. The van der Waals surface area contributed by atoms with Crippen LogP contribution in [0, 0.1) is 18.2 Å². The zero-order valence-corrected chi connectivity index (χ0v) is 35.5. The van der Waals surface area contributed by atoms with Crippen molar-refractivity contribution >= 4 is 49.3 Å². The van der Waals surface area contributed by atoms with Crippen LogP contribution >= 0.6 is 0 Å². The van der Waals surface area contributed by atoms with E-state index in [9.17, 15) is 0 Å². The van der Waals surface area contributed by atoms with Crippen LogP contribution in [-0.2, 0) is 0 Å². The average molecular weight is 850 g/mol. The van der Waals surface area contributed by atoms with Gasteiger partial charge in [0.15, 0.2) is 0 Å². The smallest absolute Gasteiger partial charge is 0.234 e. The quantitative estimate of drug-likeness (QED) is 0.142. The van der Waals surface area contributed by atoms with Gasteiger partial charge in [0.05, 0.1) is 45.6 Å². The van der Waals surface area contributed by atoms with E-state index in [2.05, 4.69) is 131 Å². The maximum Gasteiger partial charge on any atom is 0.234 e. The van der Waals surface area contributed by atoms with Gasteiger partial charge >= 0.3 is 0 Å². The molecular formula is C61H37F2N3. The van der Waals surface area contributed by atoms with Gasteiger partial charge in [0, 0.05) is 27.1 Å². The molecule has 5 heteroatoms. The van der Waals surface area contributed by atoms with Crippen molar-refractivity contribution < 1.29 is 8.78 Å². The number of aromatic nitrogens is 2. The molecule has 0 spiro atoms. The molecule has 66 heavy (non-hydrogen) atoms. The third-order valence-electron chi connectivity index (χ3n) is 12.9. The van der Waals surface area contributed by atoms with Crippen LogP contribution in [-0.4, -0.2) is 9.13 Å². The van der Waals surface area contributed by atoms with Crippen molar-refractivity contribution in [2.45, 2.75) is 0 Å². The van der Waals surface area contributed by atoms with Crippen LogP contribution in [0.1, 0.15) is 0 Å². The lowest BCUT2D eigenvalue weighted by molar-refractivity contribution is 0.589. The second kappa shape index (κ2) is 15.7. The van der Waals surface area contributed by atoms with E-state index in [-0.39, 0.29) is 16.8 Å². The molecule has 0 radical (unpaired) electrons. The first-order valence-electron chi connectivity index (χ1n) is 21.9. The fourth-order valence-electron chi connectivity index (χ4n) is 9.83. The first-order valence-corrected chi connectivity index (χ1v) is 21.9. The van der Waals surface area contributed by atoms with E-state index in [4.69, 9.17) is 6.57 Å². The zero-order valence-electron chi connectivity index (χ0n) is 35.5. The van der Waals surface area contributed by atoms with Gasteiger partial charge in [-0.05, 0) is 111 Å². The number of nitrogens with zero attached hydrogens (tertiary/aromatic N) is 3. The summed E-state index contributed by atoms with van der Waals surface area (Å²) in [5.74, 6) is -1.42. The molecule has 0 saturated carbocycles. The lowest BCUT2D eigenvalue weighted by Gasteiger charge is -2.21. The van der Waals surface area contributed by atoms with Crippen molar-refractivity contribution in [3.8, 4) is 67.0 Å². The molecule has 3 nitrogen and oxygen atoms in total. The van der Waals surface area contributed by atoms with Crippen molar-refractivity contribution in [1.29, 1.82) is 0 Å². The molecule has 0 aliphatic heterocycles. The summed E-state index contributed by atoms with van der Waals surface area (Å²) in [6.07, 6.45) is 0. The minimum atomic E-state index is -0.711. The Balaban J connectivity index is 1.20. The van der Waals surface area contributed by atoms with Gasteiger partial charge < -0.3 is 9.13 Å². The summed E-state index contributed by atoms with van der Waals surface area (Å²) in [4.78, 5) is 4.38. The molecule has 2 heterocycles. The van der Waals surface area contributed by atoms with Crippen LogP contribution in [0.25, 0.3) is 115 Å². The van der Waals surface area contributed by atoms with E-state index in [0.29, 0.717) is 11.4 Å². The van der Waals surface area contributed by atoms with Crippen molar-refractivity contribution in [2.75, 3.05) is 0 Å². The van der Waals surface area contributed by atoms with Gasteiger partial charge in [0.2, 0.25) is 5.69 Å². The van der Waals surface area contributed by atoms with E-state index >= 15 is 8.78 Å². The predicted molar refractivity (Wildman–Crippen MR) is 268 cm³/mol. The Labute approximate surface area is 380 Å². The molecule has 0 aliphatic rings. The maximum atomic E-state index is 16.3. The van der Waals surface area contributed by atoms with Crippen molar-refractivity contribution in [3.63, 3.8) is 0 Å². The van der Waals surface area contributed by atoms with E-state index in [1.165, 1.54) is 18.2 Å².